The van der Waals surface area contributed by atoms with Crippen LogP contribution in [0.4, 0.5) is 0 Å². The van der Waals surface area contributed by atoms with Crippen LogP contribution in [0.2, 0.25) is 0 Å². The summed E-state index contributed by atoms with van der Waals surface area (Å²) in [6, 6.07) is 24.8. The minimum atomic E-state index is 0.0224. The van der Waals surface area contributed by atoms with E-state index in [0.717, 1.165) is 6.42 Å². The van der Waals surface area contributed by atoms with Gasteiger partial charge in [-0.3, -0.25) is 0 Å². The Bertz CT molecular complexity index is 1080. The molecule has 116 valence electrons. The third-order valence-electron chi connectivity index (χ3n) is 5.10. The Labute approximate surface area is 145 Å². The summed E-state index contributed by atoms with van der Waals surface area (Å²) in [6.07, 6.45) is 5.77. The number of hydrogen-bond acceptors (Lipinski definition) is 0. The summed E-state index contributed by atoms with van der Waals surface area (Å²) in [6.45, 7) is 2.34. The molecule has 2 atom stereocenters. The molecule has 1 aromatic heterocycles. The second-order valence-corrected chi connectivity index (χ2v) is 8.60. The minimum absolute atomic E-state index is 0.0224. The predicted octanol–water partition coefficient (Wildman–Crippen LogP) is 7.25. The number of allylic oxidation sites excluding steroid dienone is 1. The summed E-state index contributed by atoms with van der Waals surface area (Å²) in [7, 11) is 0.0224. The summed E-state index contributed by atoms with van der Waals surface area (Å²) in [4.78, 5) is 1.42. The molecule has 0 amide bonds. The predicted molar refractivity (Wildman–Crippen MR) is 107 cm³/mol. The molecule has 24 heavy (non-hydrogen) atoms. The van der Waals surface area contributed by atoms with Crippen molar-refractivity contribution in [2.24, 2.45) is 0 Å². The zero-order valence-electron chi connectivity index (χ0n) is 13.7. The maximum atomic E-state index is 2.49. The van der Waals surface area contributed by atoms with Crippen molar-refractivity contribution < 1.29 is 0 Å². The van der Waals surface area contributed by atoms with Crippen LogP contribution in [0.1, 0.15) is 30.4 Å². The summed E-state index contributed by atoms with van der Waals surface area (Å²) < 4.78 is 2.97. The van der Waals surface area contributed by atoms with Gasteiger partial charge in [-0.15, -0.1) is 0 Å². The van der Waals surface area contributed by atoms with Gasteiger partial charge in [0.1, 0.15) is 0 Å². The van der Waals surface area contributed by atoms with Crippen LogP contribution in [-0.2, 0) is 0 Å². The zero-order chi connectivity index (χ0) is 16.1. The van der Waals surface area contributed by atoms with Gasteiger partial charge in [-0.25, -0.2) is 0 Å². The van der Waals surface area contributed by atoms with Gasteiger partial charge in [-0.2, -0.15) is 0 Å². The smallest absolute Gasteiger partial charge is 0.0833 e. The maximum absolute atomic E-state index is 2.49. The Morgan fingerprint density at radius 3 is 2.50 bits per heavy atom. The molecule has 0 radical (unpaired) electrons. The molecule has 2 unspecified atom stereocenters. The van der Waals surface area contributed by atoms with Crippen LogP contribution in [-0.4, -0.2) is 0 Å². The molecule has 1 heteroatoms. The lowest BCUT2D eigenvalue weighted by Gasteiger charge is -2.17. The number of rotatable bonds is 1. The van der Waals surface area contributed by atoms with Gasteiger partial charge in [-0.1, -0.05) is 49.4 Å². The van der Waals surface area contributed by atoms with Crippen LogP contribution >= 0.6 is 10.5 Å². The first kappa shape index (κ1) is 14.0. The topological polar surface area (TPSA) is 0 Å². The third kappa shape index (κ3) is 1.98. The van der Waals surface area contributed by atoms with Gasteiger partial charge in [0.05, 0.1) is 0 Å². The molecule has 0 fully saturated rings. The Morgan fingerprint density at radius 2 is 1.62 bits per heavy atom. The quantitative estimate of drug-likeness (QED) is 0.323. The molecular weight excluding hydrogens is 308 g/mol. The summed E-state index contributed by atoms with van der Waals surface area (Å²) in [5, 5.41) is 2.84. The highest BCUT2D eigenvalue weighted by molar-refractivity contribution is 7.50. The average Bonchev–Trinajstić information content (AvgIpc) is 2.95. The van der Waals surface area contributed by atoms with E-state index in [0.29, 0.717) is 5.92 Å². The molecule has 5 rings (SSSR count). The molecule has 0 saturated heterocycles. The van der Waals surface area contributed by atoms with Gasteiger partial charge in [0, 0.05) is 27.3 Å². The van der Waals surface area contributed by atoms with Gasteiger partial charge in [0.2, 0.25) is 0 Å². The molecule has 1 heterocycles. The van der Waals surface area contributed by atoms with E-state index in [4.69, 9.17) is 0 Å². The SMILES string of the molecule is CC1CC=Cc2cc3c4ccccc4[s+](-c4ccccc4)c3cc21. The summed E-state index contributed by atoms with van der Waals surface area (Å²) in [5.41, 5.74) is 2.92. The van der Waals surface area contributed by atoms with E-state index >= 15 is 0 Å². The number of benzene rings is 3. The lowest BCUT2D eigenvalue weighted by molar-refractivity contribution is 0.773. The van der Waals surface area contributed by atoms with E-state index in [1.807, 2.05) is 0 Å². The molecule has 0 bridgehead atoms. The van der Waals surface area contributed by atoms with Crippen molar-refractivity contribution in [3.63, 3.8) is 0 Å². The van der Waals surface area contributed by atoms with Crippen LogP contribution in [0.3, 0.4) is 0 Å². The Kier molecular flexibility index (Phi) is 3.11. The number of thiophene rings is 1. The number of hydrogen-bond donors (Lipinski definition) is 0. The van der Waals surface area contributed by atoms with E-state index in [2.05, 4.69) is 85.8 Å². The fourth-order valence-electron chi connectivity index (χ4n) is 3.88. The number of fused-ring (bicyclic) bond motifs is 4. The van der Waals surface area contributed by atoms with Crippen molar-refractivity contribution >= 4 is 36.7 Å². The second kappa shape index (κ2) is 5.32. The molecule has 1 aliphatic rings. The molecule has 0 N–H and O–H groups in total. The maximum Gasteiger partial charge on any atom is 0.188 e. The molecule has 0 saturated carbocycles. The van der Waals surface area contributed by atoms with Crippen molar-refractivity contribution in [1.29, 1.82) is 0 Å². The molecule has 1 aliphatic carbocycles. The van der Waals surface area contributed by atoms with Gasteiger partial charge in [0.25, 0.3) is 0 Å². The molecule has 0 spiro atoms. The average molecular weight is 327 g/mol. The Hall–Kier alpha value is -2.38. The first-order chi connectivity index (χ1) is 11.8. The van der Waals surface area contributed by atoms with E-state index in [1.54, 1.807) is 0 Å². The van der Waals surface area contributed by atoms with Crippen LogP contribution in [0.5, 0.6) is 0 Å². The molecular formula is C23H19S+. The molecule has 0 aliphatic heterocycles. The highest BCUT2D eigenvalue weighted by atomic mass is 32.2. The van der Waals surface area contributed by atoms with E-state index in [-0.39, 0.29) is 10.5 Å². The van der Waals surface area contributed by atoms with E-state index < -0.39 is 0 Å². The highest BCUT2D eigenvalue weighted by Gasteiger charge is 2.26. The zero-order valence-corrected chi connectivity index (χ0v) is 14.5. The van der Waals surface area contributed by atoms with Gasteiger partial charge < -0.3 is 0 Å². The standard InChI is InChI=1S/C23H19S/c1-16-8-7-9-17-14-21-19-12-5-6-13-22(19)24(23(21)15-20(16)17)18-10-3-2-4-11-18/h2-7,9-16H,8H2,1H3/q+1. The third-order valence-corrected chi connectivity index (χ3v) is 7.42. The highest BCUT2D eigenvalue weighted by Crippen LogP contribution is 2.50. The van der Waals surface area contributed by atoms with Crippen molar-refractivity contribution in [1.82, 2.24) is 0 Å². The van der Waals surface area contributed by atoms with Gasteiger partial charge >= 0.3 is 0 Å². The fourth-order valence-corrected chi connectivity index (χ4v) is 6.31. The molecule has 3 aromatic carbocycles. The van der Waals surface area contributed by atoms with E-state index in [9.17, 15) is 0 Å². The van der Waals surface area contributed by atoms with E-state index in [1.165, 1.54) is 36.2 Å². The second-order valence-electron chi connectivity index (χ2n) is 6.63. The van der Waals surface area contributed by atoms with Crippen molar-refractivity contribution in [2.45, 2.75) is 19.3 Å². The lowest BCUT2D eigenvalue weighted by atomic mass is 9.88. The lowest BCUT2D eigenvalue weighted by Crippen LogP contribution is -1.99. The largest absolute Gasteiger partial charge is 0.188 e. The molecule has 4 aromatic rings. The fraction of sp³-hybridized carbons (Fsp3) is 0.130. The summed E-state index contributed by atoms with van der Waals surface area (Å²) >= 11 is 0. The van der Waals surface area contributed by atoms with Crippen molar-refractivity contribution in [2.75, 3.05) is 0 Å². The molecule has 0 nitrogen and oxygen atoms in total. The van der Waals surface area contributed by atoms with Gasteiger partial charge in [-0.05, 0) is 53.8 Å². The van der Waals surface area contributed by atoms with Crippen molar-refractivity contribution in [3.05, 3.63) is 83.9 Å². The summed E-state index contributed by atoms with van der Waals surface area (Å²) in [5.74, 6) is 0.611. The van der Waals surface area contributed by atoms with Crippen LogP contribution in [0.25, 0.3) is 31.1 Å². The van der Waals surface area contributed by atoms with Crippen LogP contribution < -0.4 is 0 Å². The monoisotopic (exact) mass is 327 g/mol. The normalized spacial score (nSPS) is 17.4. The van der Waals surface area contributed by atoms with Crippen molar-refractivity contribution in [3.8, 4) is 4.90 Å². The Morgan fingerprint density at radius 1 is 0.833 bits per heavy atom. The minimum Gasteiger partial charge on any atom is -0.0833 e. The first-order valence-corrected chi connectivity index (χ1v) is 9.78. The first-order valence-electron chi connectivity index (χ1n) is 8.56. The Balaban J connectivity index is 1.96. The van der Waals surface area contributed by atoms with Crippen LogP contribution in [0.15, 0.2) is 72.8 Å². The van der Waals surface area contributed by atoms with Gasteiger partial charge in [0.15, 0.2) is 14.3 Å². The van der Waals surface area contributed by atoms with Crippen LogP contribution in [0, 0.1) is 0 Å².